The number of nitrogens with two attached hydrogens (primary N) is 1. The molecule has 1 heterocycles. The van der Waals surface area contributed by atoms with Gasteiger partial charge in [-0.1, -0.05) is 23.1 Å². The fourth-order valence-electron chi connectivity index (χ4n) is 1.34. The van der Waals surface area contributed by atoms with Crippen LogP contribution in [0.3, 0.4) is 0 Å². The van der Waals surface area contributed by atoms with Gasteiger partial charge in [0.1, 0.15) is 5.01 Å². The SMILES string of the molecule is Cc1nnc(SC(C)C(=O)Nc2ccc(N)cc2)s1. The maximum Gasteiger partial charge on any atom is 0.237 e. The van der Waals surface area contributed by atoms with Crippen LogP contribution < -0.4 is 11.1 Å². The van der Waals surface area contributed by atoms with Crippen molar-refractivity contribution in [1.29, 1.82) is 0 Å². The first-order chi connectivity index (χ1) is 9.04. The van der Waals surface area contributed by atoms with Crippen LogP contribution in [0.5, 0.6) is 0 Å². The van der Waals surface area contributed by atoms with E-state index in [4.69, 9.17) is 5.73 Å². The molecule has 1 atom stereocenters. The van der Waals surface area contributed by atoms with Gasteiger partial charge in [0.2, 0.25) is 5.91 Å². The second-order valence-corrected chi connectivity index (χ2v) is 6.73. The number of anilines is 2. The van der Waals surface area contributed by atoms with E-state index >= 15 is 0 Å². The molecule has 0 saturated heterocycles. The Bertz CT molecular complexity index is 567. The monoisotopic (exact) mass is 294 g/mol. The van der Waals surface area contributed by atoms with Gasteiger partial charge < -0.3 is 11.1 Å². The summed E-state index contributed by atoms with van der Waals surface area (Å²) in [6.45, 7) is 3.73. The summed E-state index contributed by atoms with van der Waals surface area (Å²) in [5.41, 5.74) is 7.00. The number of nitrogens with zero attached hydrogens (tertiary/aromatic N) is 2. The predicted molar refractivity (Wildman–Crippen MR) is 79.4 cm³/mol. The second kappa shape index (κ2) is 6.03. The molecule has 2 aromatic rings. The topological polar surface area (TPSA) is 80.9 Å². The van der Waals surface area contributed by atoms with Crippen molar-refractivity contribution in [3.05, 3.63) is 29.3 Å². The van der Waals surface area contributed by atoms with E-state index in [-0.39, 0.29) is 11.2 Å². The molecule has 0 aliphatic heterocycles. The van der Waals surface area contributed by atoms with Gasteiger partial charge in [-0.2, -0.15) is 0 Å². The largest absolute Gasteiger partial charge is 0.399 e. The minimum Gasteiger partial charge on any atom is -0.399 e. The number of hydrogen-bond acceptors (Lipinski definition) is 6. The lowest BCUT2D eigenvalue weighted by atomic mass is 10.3. The minimum absolute atomic E-state index is 0.0670. The molecule has 100 valence electrons. The Morgan fingerprint density at radius 3 is 2.63 bits per heavy atom. The Kier molecular flexibility index (Phi) is 4.39. The van der Waals surface area contributed by atoms with Crippen molar-refractivity contribution in [2.75, 3.05) is 11.1 Å². The number of hydrogen-bond donors (Lipinski definition) is 2. The van der Waals surface area contributed by atoms with Crippen molar-refractivity contribution in [1.82, 2.24) is 10.2 Å². The molecular weight excluding hydrogens is 280 g/mol. The van der Waals surface area contributed by atoms with E-state index in [9.17, 15) is 4.79 Å². The van der Waals surface area contributed by atoms with E-state index in [0.717, 1.165) is 15.0 Å². The van der Waals surface area contributed by atoms with Crippen molar-refractivity contribution in [3.8, 4) is 0 Å². The number of nitrogens with one attached hydrogen (secondary N) is 1. The lowest BCUT2D eigenvalue weighted by molar-refractivity contribution is -0.115. The molecule has 7 heteroatoms. The molecule has 1 unspecified atom stereocenters. The van der Waals surface area contributed by atoms with Gasteiger partial charge in [0, 0.05) is 11.4 Å². The van der Waals surface area contributed by atoms with E-state index in [1.165, 1.54) is 23.1 Å². The summed E-state index contributed by atoms with van der Waals surface area (Å²) in [6.07, 6.45) is 0. The average Bonchev–Trinajstić information content (AvgIpc) is 2.77. The molecule has 0 spiro atoms. The molecule has 3 N–H and O–H groups in total. The number of aryl methyl sites for hydroxylation is 1. The van der Waals surface area contributed by atoms with Crippen LogP contribution >= 0.6 is 23.1 Å². The summed E-state index contributed by atoms with van der Waals surface area (Å²) in [4.78, 5) is 12.0. The number of nitrogen functional groups attached to an aromatic ring is 1. The first-order valence-electron chi connectivity index (χ1n) is 5.68. The van der Waals surface area contributed by atoms with Gasteiger partial charge >= 0.3 is 0 Å². The van der Waals surface area contributed by atoms with E-state index in [0.29, 0.717) is 5.69 Å². The number of aromatic nitrogens is 2. The van der Waals surface area contributed by atoms with Crippen molar-refractivity contribution in [3.63, 3.8) is 0 Å². The summed E-state index contributed by atoms with van der Waals surface area (Å²) < 4.78 is 0.803. The van der Waals surface area contributed by atoms with Crippen LogP contribution in [0.4, 0.5) is 11.4 Å². The van der Waals surface area contributed by atoms with Crippen molar-refractivity contribution in [2.45, 2.75) is 23.4 Å². The Morgan fingerprint density at radius 2 is 2.05 bits per heavy atom. The molecule has 0 aliphatic rings. The number of carbonyl (C=O) groups is 1. The molecule has 0 fully saturated rings. The molecule has 0 radical (unpaired) electrons. The zero-order chi connectivity index (χ0) is 13.8. The van der Waals surface area contributed by atoms with E-state index in [1.807, 2.05) is 13.8 Å². The van der Waals surface area contributed by atoms with Crippen LogP contribution in [0.15, 0.2) is 28.6 Å². The molecule has 1 aromatic heterocycles. The van der Waals surface area contributed by atoms with Crippen molar-refractivity contribution < 1.29 is 4.79 Å². The number of benzene rings is 1. The number of rotatable bonds is 4. The highest BCUT2D eigenvalue weighted by molar-refractivity contribution is 8.02. The van der Waals surface area contributed by atoms with E-state index < -0.39 is 0 Å². The van der Waals surface area contributed by atoms with Crippen LogP contribution in [0, 0.1) is 6.92 Å². The van der Waals surface area contributed by atoms with Gasteiger partial charge in [0.05, 0.1) is 5.25 Å². The molecule has 5 nitrogen and oxygen atoms in total. The highest BCUT2D eigenvalue weighted by atomic mass is 32.2. The van der Waals surface area contributed by atoms with Gasteiger partial charge in [0.25, 0.3) is 0 Å². The quantitative estimate of drug-likeness (QED) is 0.669. The first-order valence-corrected chi connectivity index (χ1v) is 7.37. The van der Waals surface area contributed by atoms with Crippen LogP contribution in [0.25, 0.3) is 0 Å². The molecule has 1 amide bonds. The molecule has 1 aromatic carbocycles. The fourth-order valence-corrected chi connectivity index (χ4v) is 3.30. The Balaban J connectivity index is 1.94. The van der Waals surface area contributed by atoms with Crippen LogP contribution in [-0.2, 0) is 4.79 Å². The maximum absolute atomic E-state index is 12.0. The predicted octanol–water partition coefficient (Wildman–Crippen LogP) is 2.55. The number of thioether (sulfide) groups is 1. The third-order valence-electron chi connectivity index (χ3n) is 2.33. The van der Waals surface area contributed by atoms with Gasteiger partial charge in [0.15, 0.2) is 4.34 Å². The molecule has 2 rings (SSSR count). The Morgan fingerprint density at radius 1 is 1.37 bits per heavy atom. The normalized spacial score (nSPS) is 12.1. The third-order valence-corrected chi connectivity index (χ3v) is 4.36. The highest BCUT2D eigenvalue weighted by Crippen LogP contribution is 2.26. The molecule has 0 aliphatic carbocycles. The lowest BCUT2D eigenvalue weighted by Gasteiger charge is -2.10. The van der Waals surface area contributed by atoms with Crippen molar-refractivity contribution >= 4 is 40.4 Å². The summed E-state index contributed by atoms with van der Waals surface area (Å²) in [5, 5.41) is 11.4. The summed E-state index contributed by atoms with van der Waals surface area (Å²) in [5.74, 6) is -0.0670. The summed E-state index contributed by atoms with van der Waals surface area (Å²) in [7, 11) is 0. The lowest BCUT2D eigenvalue weighted by Crippen LogP contribution is -2.22. The van der Waals surface area contributed by atoms with E-state index in [2.05, 4.69) is 15.5 Å². The Labute approximate surface area is 119 Å². The Hall–Kier alpha value is -1.60. The van der Waals surface area contributed by atoms with Gasteiger partial charge in [-0.25, -0.2) is 0 Å². The fraction of sp³-hybridized carbons (Fsp3) is 0.250. The smallest absolute Gasteiger partial charge is 0.237 e. The molecular formula is C12H14N4OS2. The van der Waals surface area contributed by atoms with Gasteiger partial charge in [-0.05, 0) is 38.1 Å². The zero-order valence-corrected chi connectivity index (χ0v) is 12.2. The summed E-state index contributed by atoms with van der Waals surface area (Å²) in [6, 6.07) is 7.06. The molecule has 19 heavy (non-hydrogen) atoms. The molecule has 0 bridgehead atoms. The third kappa shape index (κ3) is 3.93. The molecule has 0 saturated carbocycles. The van der Waals surface area contributed by atoms with Crippen LogP contribution in [0.1, 0.15) is 11.9 Å². The number of amides is 1. The maximum atomic E-state index is 12.0. The first kappa shape index (κ1) is 13.8. The van der Waals surface area contributed by atoms with Gasteiger partial charge in [-0.15, -0.1) is 10.2 Å². The highest BCUT2D eigenvalue weighted by Gasteiger charge is 2.16. The minimum atomic E-state index is -0.232. The average molecular weight is 294 g/mol. The summed E-state index contributed by atoms with van der Waals surface area (Å²) >= 11 is 2.89. The van der Waals surface area contributed by atoms with Crippen molar-refractivity contribution in [2.24, 2.45) is 0 Å². The van der Waals surface area contributed by atoms with Crippen LogP contribution in [-0.4, -0.2) is 21.4 Å². The second-order valence-electron chi connectivity index (χ2n) is 3.96. The standard InChI is InChI=1S/C12H14N4OS2/c1-7(18-12-16-15-8(2)19-12)11(17)14-10-5-3-9(13)4-6-10/h3-7H,13H2,1-2H3,(H,14,17). The van der Waals surface area contributed by atoms with Gasteiger partial charge in [-0.3, -0.25) is 4.79 Å². The number of carbonyl (C=O) groups excluding carboxylic acids is 1. The van der Waals surface area contributed by atoms with Crippen LogP contribution in [0.2, 0.25) is 0 Å². The van der Waals surface area contributed by atoms with E-state index in [1.54, 1.807) is 24.3 Å². The zero-order valence-electron chi connectivity index (χ0n) is 10.6.